The molecule has 1 N–H and O–H groups in total. The summed E-state index contributed by atoms with van der Waals surface area (Å²) >= 11 is 2.92. The summed E-state index contributed by atoms with van der Waals surface area (Å²) in [5, 5.41) is 11.8. The summed E-state index contributed by atoms with van der Waals surface area (Å²) in [5.41, 5.74) is 0.702. The van der Waals surface area contributed by atoms with Crippen LogP contribution >= 0.6 is 23.1 Å². The third-order valence-corrected chi connectivity index (χ3v) is 7.30. The quantitative estimate of drug-likeness (QED) is 0.847. The molecule has 2 atom stereocenters. The third-order valence-electron chi connectivity index (χ3n) is 5.36. The lowest BCUT2D eigenvalue weighted by molar-refractivity contribution is 0.0217. The molecular formula is C18H22N4O2S2. The molecule has 5 rings (SSSR count). The maximum Gasteiger partial charge on any atom is 0.294 e. The molecule has 3 aliphatic heterocycles. The van der Waals surface area contributed by atoms with Crippen LogP contribution in [0.25, 0.3) is 0 Å². The minimum atomic E-state index is 0.0183. The van der Waals surface area contributed by atoms with Crippen molar-refractivity contribution in [2.45, 2.75) is 41.1 Å². The molecule has 8 heteroatoms. The number of rotatable bonds is 5. The van der Waals surface area contributed by atoms with Crippen molar-refractivity contribution in [1.29, 1.82) is 0 Å². The number of nitrogens with one attached hydrogen (secondary N) is 1. The lowest BCUT2D eigenvalue weighted by atomic mass is 9.79. The van der Waals surface area contributed by atoms with Crippen LogP contribution in [0.3, 0.4) is 0 Å². The van der Waals surface area contributed by atoms with Gasteiger partial charge < -0.3 is 10.1 Å². The Morgan fingerprint density at radius 2 is 2.00 bits per heavy atom. The molecule has 2 unspecified atom stereocenters. The van der Waals surface area contributed by atoms with Gasteiger partial charge in [-0.1, -0.05) is 16.9 Å². The molecule has 26 heavy (non-hydrogen) atoms. The first-order valence-corrected chi connectivity index (χ1v) is 10.5. The molecule has 3 aliphatic rings. The Morgan fingerprint density at radius 3 is 2.62 bits per heavy atom. The Labute approximate surface area is 161 Å². The smallest absolute Gasteiger partial charge is 0.294 e. The van der Waals surface area contributed by atoms with E-state index < -0.39 is 0 Å². The molecule has 0 spiro atoms. The number of methoxy groups -OCH3 is 1. The molecule has 6 nitrogen and oxygen atoms in total. The van der Waals surface area contributed by atoms with E-state index in [1.807, 2.05) is 24.3 Å². The fourth-order valence-corrected chi connectivity index (χ4v) is 5.50. The Balaban J connectivity index is 1.39. The van der Waals surface area contributed by atoms with Crippen LogP contribution < -0.4 is 10.1 Å². The monoisotopic (exact) mass is 390 g/mol. The van der Waals surface area contributed by atoms with E-state index in [9.17, 15) is 4.79 Å². The summed E-state index contributed by atoms with van der Waals surface area (Å²) in [6.07, 6.45) is 2.38. The van der Waals surface area contributed by atoms with Gasteiger partial charge in [0, 0.05) is 22.5 Å². The van der Waals surface area contributed by atoms with Crippen molar-refractivity contribution in [3.8, 4) is 5.19 Å². The van der Waals surface area contributed by atoms with Gasteiger partial charge in [-0.05, 0) is 74.4 Å². The van der Waals surface area contributed by atoms with Crippen molar-refractivity contribution in [2.75, 3.05) is 20.2 Å². The lowest BCUT2D eigenvalue weighted by Crippen LogP contribution is -2.62. The minimum Gasteiger partial charge on any atom is -0.472 e. The number of aromatic nitrogens is 2. The average Bonchev–Trinajstić information content (AvgIpc) is 3.13. The van der Waals surface area contributed by atoms with Crippen molar-refractivity contribution in [2.24, 2.45) is 5.92 Å². The first-order valence-electron chi connectivity index (χ1n) is 8.84. The molecule has 3 fully saturated rings. The molecule has 0 saturated carbocycles. The largest absolute Gasteiger partial charge is 0.472 e. The number of ether oxygens (including phenoxy) is 1. The van der Waals surface area contributed by atoms with Crippen LogP contribution in [0.2, 0.25) is 0 Å². The molecule has 3 saturated heterocycles. The van der Waals surface area contributed by atoms with Gasteiger partial charge in [0.15, 0.2) is 4.34 Å². The van der Waals surface area contributed by atoms with Crippen molar-refractivity contribution in [3.63, 3.8) is 0 Å². The van der Waals surface area contributed by atoms with Gasteiger partial charge in [-0.15, -0.1) is 5.10 Å². The number of amides is 1. The molecule has 0 aliphatic carbocycles. The number of carbonyl (C=O) groups excluding carboxylic acids is 1. The second-order valence-corrected chi connectivity index (χ2v) is 9.04. The Hall–Kier alpha value is -1.64. The summed E-state index contributed by atoms with van der Waals surface area (Å²) < 4.78 is 5.88. The highest BCUT2D eigenvalue weighted by atomic mass is 32.2. The van der Waals surface area contributed by atoms with Crippen LogP contribution in [0.4, 0.5) is 0 Å². The molecule has 1 aromatic carbocycles. The van der Waals surface area contributed by atoms with Crippen LogP contribution in [0.15, 0.2) is 33.5 Å². The minimum absolute atomic E-state index is 0.0183. The zero-order valence-corrected chi connectivity index (χ0v) is 16.5. The predicted octanol–water partition coefficient (Wildman–Crippen LogP) is 2.91. The molecule has 4 heterocycles. The molecule has 2 aromatic rings. The standard InChI is InChI=1S/C18H22N4O2S2/c1-11-15(12-7-9-22(11)10-8-12)19-16(23)13-3-5-14(6-4-13)25-18-21-20-17(24-2)26-18/h3-6,11-12,15H,7-10H2,1-2H3,(H,19,23). The molecule has 1 amide bonds. The average molecular weight is 391 g/mol. The zero-order chi connectivity index (χ0) is 18.1. The summed E-state index contributed by atoms with van der Waals surface area (Å²) in [5.74, 6) is 0.630. The van der Waals surface area contributed by atoms with Crippen LogP contribution in [0, 0.1) is 5.92 Å². The highest BCUT2D eigenvalue weighted by Gasteiger charge is 2.40. The van der Waals surface area contributed by atoms with Gasteiger partial charge in [0.05, 0.1) is 7.11 Å². The van der Waals surface area contributed by atoms with Gasteiger partial charge in [-0.2, -0.15) is 0 Å². The Kier molecular flexibility index (Phi) is 5.15. The van der Waals surface area contributed by atoms with Gasteiger partial charge in [0.25, 0.3) is 11.1 Å². The number of piperidine rings is 3. The van der Waals surface area contributed by atoms with Crippen molar-refractivity contribution in [1.82, 2.24) is 20.4 Å². The number of hydrogen-bond acceptors (Lipinski definition) is 7. The van der Waals surface area contributed by atoms with E-state index in [0.717, 1.165) is 9.24 Å². The summed E-state index contributed by atoms with van der Waals surface area (Å²) in [6.45, 7) is 4.56. The van der Waals surface area contributed by atoms with Crippen molar-refractivity contribution in [3.05, 3.63) is 29.8 Å². The SMILES string of the molecule is COc1nnc(Sc2ccc(C(=O)NC3C4CCN(CC4)C3C)cc2)s1. The first kappa shape index (κ1) is 17.8. The summed E-state index contributed by atoms with van der Waals surface area (Å²) in [4.78, 5) is 16.2. The van der Waals surface area contributed by atoms with E-state index in [-0.39, 0.29) is 11.9 Å². The maximum absolute atomic E-state index is 12.7. The number of fused-ring (bicyclic) bond motifs is 3. The highest BCUT2D eigenvalue weighted by molar-refractivity contribution is 8.01. The van der Waals surface area contributed by atoms with Crippen LogP contribution in [0.5, 0.6) is 5.19 Å². The molecule has 2 bridgehead atoms. The summed E-state index contributed by atoms with van der Waals surface area (Å²) in [6, 6.07) is 8.34. The number of carbonyl (C=O) groups is 1. The van der Waals surface area contributed by atoms with Gasteiger partial charge in [0.1, 0.15) is 0 Å². The predicted molar refractivity (Wildman–Crippen MR) is 102 cm³/mol. The molecule has 1 aromatic heterocycles. The highest BCUT2D eigenvalue weighted by Crippen LogP contribution is 2.34. The van der Waals surface area contributed by atoms with Gasteiger partial charge in [0.2, 0.25) is 0 Å². The van der Waals surface area contributed by atoms with Crippen molar-refractivity contribution >= 4 is 29.0 Å². The second-order valence-electron chi connectivity index (χ2n) is 6.78. The van der Waals surface area contributed by atoms with Crippen LogP contribution in [0.1, 0.15) is 30.1 Å². The van der Waals surface area contributed by atoms with Crippen molar-refractivity contribution < 1.29 is 9.53 Å². The van der Waals surface area contributed by atoms with E-state index in [0.29, 0.717) is 22.7 Å². The maximum atomic E-state index is 12.7. The number of benzene rings is 1. The lowest BCUT2D eigenvalue weighted by Gasteiger charge is -2.49. The summed E-state index contributed by atoms with van der Waals surface area (Å²) in [7, 11) is 1.58. The molecule has 0 radical (unpaired) electrons. The fourth-order valence-electron chi connectivity index (χ4n) is 3.88. The molecular weight excluding hydrogens is 368 g/mol. The first-order chi connectivity index (χ1) is 12.6. The Morgan fingerprint density at radius 1 is 1.27 bits per heavy atom. The van der Waals surface area contributed by atoms with Gasteiger partial charge >= 0.3 is 0 Å². The van der Waals surface area contributed by atoms with Crippen LogP contribution in [-0.4, -0.2) is 53.3 Å². The van der Waals surface area contributed by atoms with E-state index in [1.165, 1.54) is 49.0 Å². The Bertz CT molecular complexity index is 770. The van der Waals surface area contributed by atoms with Gasteiger partial charge in [-0.25, -0.2) is 0 Å². The fraction of sp³-hybridized carbons (Fsp3) is 0.500. The topological polar surface area (TPSA) is 67.3 Å². The van der Waals surface area contributed by atoms with E-state index in [2.05, 4.69) is 27.3 Å². The zero-order valence-electron chi connectivity index (χ0n) is 14.8. The van der Waals surface area contributed by atoms with Crippen LogP contribution in [-0.2, 0) is 0 Å². The second kappa shape index (κ2) is 7.54. The third kappa shape index (κ3) is 3.58. The number of hydrogen-bond donors (Lipinski definition) is 1. The number of nitrogens with zero attached hydrogens (tertiary/aromatic N) is 3. The normalized spacial score (nSPS) is 27.3. The van der Waals surface area contributed by atoms with Gasteiger partial charge in [-0.3, -0.25) is 9.69 Å². The molecule has 138 valence electrons. The van der Waals surface area contributed by atoms with E-state index in [1.54, 1.807) is 7.11 Å². The van der Waals surface area contributed by atoms with E-state index in [4.69, 9.17) is 4.74 Å². The van der Waals surface area contributed by atoms with E-state index >= 15 is 0 Å².